The van der Waals surface area contributed by atoms with Gasteiger partial charge < -0.3 is 4.48 Å². The maximum Gasteiger partial charge on any atom is 0.149 e. The fourth-order valence-electron chi connectivity index (χ4n) is 4.83. The molecule has 0 N–H and O–H groups in total. The topological polar surface area (TPSA) is 20.3 Å². The van der Waals surface area contributed by atoms with E-state index in [0.717, 1.165) is 50.0 Å². The molecule has 3 nitrogen and oxygen atoms in total. The first-order valence-electron chi connectivity index (χ1n) is 9.67. The standard InChI is InChI=1S/C20H31Cl2N2O/c1-15-13-24(14-16(2)20(15)25)11-9-23(10-12-24)8-4-6-17-5-3-7-18(21)19(17)22/h3,5,7,15-16,18-19H,4,6,8-14H2,1-2H3/q+1. The molecular formula is C20H31Cl2N2O+. The zero-order valence-electron chi connectivity index (χ0n) is 15.5. The summed E-state index contributed by atoms with van der Waals surface area (Å²) in [5.41, 5.74) is 1.27. The summed E-state index contributed by atoms with van der Waals surface area (Å²) in [5.74, 6) is 0.922. The van der Waals surface area contributed by atoms with E-state index in [4.69, 9.17) is 23.2 Å². The highest BCUT2D eigenvalue weighted by Crippen LogP contribution is 2.28. The van der Waals surface area contributed by atoms with Gasteiger partial charge in [0.05, 0.1) is 48.8 Å². The number of alkyl halides is 2. The van der Waals surface area contributed by atoms with Crippen LogP contribution >= 0.6 is 23.2 Å². The Bertz CT molecular complexity index is 536. The van der Waals surface area contributed by atoms with Crippen LogP contribution in [0.3, 0.4) is 0 Å². The van der Waals surface area contributed by atoms with Gasteiger partial charge in [-0.2, -0.15) is 0 Å². The third-order valence-electron chi connectivity index (χ3n) is 6.25. The van der Waals surface area contributed by atoms with Gasteiger partial charge in [0.2, 0.25) is 0 Å². The molecule has 0 saturated carbocycles. The molecule has 3 aliphatic rings. The van der Waals surface area contributed by atoms with Crippen LogP contribution in [-0.4, -0.2) is 71.7 Å². The summed E-state index contributed by atoms with van der Waals surface area (Å²) in [5, 5.41) is -0.137. The van der Waals surface area contributed by atoms with E-state index in [1.807, 2.05) is 12.2 Å². The van der Waals surface area contributed by atoms with E-state index >= 15 is 0 Å². The van der Waals surface area contributed by atoms with Crippen molar-refractivity contribution in [2.45, 2.75) is 37.4 Å². The van der Waals surface area contributed by atoms with Crippen LogP contribution in [0.5, 0.6) is 0 Å². The quantitative estimate of drug-likeness (QED) is 0.545. The SMILES string of the molecule is CC1C[N+]2(CCN(CCCC3=CC=CC(Cl)C3Cl)CC2)CC(C)C1=O. The summed E-state index contributed by atoms with van der Waals surface area (Å²) in [6.07, 6.45) is 8.28. The zero-order valence-corrected chi connectivity index (χ0v) is 17.0. The predicted molar refractivity (Wildman–Crippen MR) is 105 cm³/mol. The summed E-state index contributed by atoms with van der Waals surface area (Å²) in [7, 11) is 0. The van der Waals surface area contributed by atoms with E-state index in [9.17, 15) is 4.79 Å². The van der Waals surface area contributed by atoms with E-state index in [1.165, 1.54) is 18.7 Å². The van der Waals surface area contributed by atoms with Crippen molar-refractivity contribution in [2.24, 2.45) is 11.8 Å². The van der Waals surface area contributed by atoms with Crippen LogP contribution in [0.2, 0.25) is 0 Å². The number of allylic oxidation sites excluding steroid dienone is 4. The number of carbonyl (C=O) groups excluding carboxylic acids is 1. The average molecular weight is 386 g/mol. The molecule has 0 radical (unpaired) electrons. The largest absolute Gasteiger partial charge is 0.320 e. The van der Waals surface area contributed by atoms with E-state index in [1.54, 1.807) is 0 Å². The fourth-order valence-corrected chi connectivity index (χ4v) is 5.34. The number of piperazine rings is 1. The summed E-state index contributed by atoms with van der Waals surface area (Å²) in [4.78, 5) is 14.7. The molecule has 140 valence electrons. The van der Waals surface area contributed by atoms with Crippen LogP contribution in [0, 0.1) is 11.8 Å². The fraction of sp³-hybridized carbons (Fsp3) is 0.750. The number of quaternary nitrogens is 1. The number of hydrogen-bond donors (Lipinski definition) is 0. The van der Waals surface area contributed by atoms with Crippen LogP contribution in [0.4, 0.5) is 0 Å². The second-order valence-electron chi connectivity index (χ2n) is 8.28. The monoisotopic (exact) mass is 385 g/mol. The van der Waals surface area contributed by atoms with Crippen molar-refractivity contribution in [1.29, 1.82) is 0 Å². The van der Waals surface area contributed by atoms with Crippen molar-refractivity contribution < 1.29 is 9.28 Å². The molecule has 2 fully saturated rings. The number of piperidine rings is 1. The number of nitrogens with zero attached hydrogens (tertiary/aromatic N) is 2. The second-order valence-corrected chi connectivity index (χ2v) is 9.25. The molecule has 2 saturated heterocycles. The first-order valence-corrected chi connectivity index (χ1v) is 10.5. The highest BCUT2D eigenvalue weighted by Gasteiger charge is 2.43. The van der Waals surface area contributed by atoms with Gasteiger partial charge in [-0.1, -0.05) is 37.6 Å². The minimum atomic E-state index is -0.0770. The summed E-state index contributed by atoms with van der Waals surface area (Å²) < 4.78 is 1.15. The van der Waals surface area contributed by atoms with Crippen LogP contribution in [0.1, 0.15) is 26.7 Å². The summed E-state index contributed by atoms with van der Waals surface area (Å²) in [6, 6.07) is 0. The molecule has 2 heterocycles. The van der Waals surface area contributed by atoms with Crippen LogP contribution in [0.15, 0.2) is 23.8 Å². The lowest BCUT2D eigenvalue weighted by Gasteiger charge is -2.49. The second kappa shape index (κ2) is 8.12. The Hall–Kier alpha value is -0.350. The smallest absolute Gasteiger partial charge is 0.149 e. The highest BCUT2D eigenvalue weighted by atomic mass is 35.5. The lowest BCUT2D eigenvalue weighted by atomic mass is 9.87. The minimum Gasteiger partial charge on any atom is -0.320 e. The maximum atomic E-state index is 12.1. The van der Waals surface area contributed by atoms with Crippen LogP contribution < -0.4 is 0 Å². The van der Waals surface area contributed by atoms with Gasteiger partial charge in [0, 0.05) is 13.1 Å². The van der Waals surface area contributed by atoms with Crippen molar-refractivity contribution in [1.82, 2.24) is 4.90 Å². The summed E-state index contributed by atoms with van der Waals surface area (Å²) in [6.45, 7) is 12.1. The molecule has 5 heteroatoms. The average Bonchev–Trinajstić information content (AvgIpc) is 2.58. The Morgan fingerprint density at radius 3 is 2.44 bits per heavy atom. The molecule has 0 aromatic rings. The van der Waals surface area contributed by atoms with Gasteiger partial charge in [0.1, 0.15) is 5.78 Å². The number of Topliss-reactive ketones (excluding diaryl/α,β-unsaturated/α-hetero) is 1. The number of halogens is 2. The van der Waals surface area contributed by atoms with Gasteiger partial charge >= 0.3 is 0 Å². The third kappa shape index (κ3) is 4.50. The Labute approximate surface area is 162 Å². The van der Waals surface area contributed by atoms with E-state index in [0.29, 0.717) is 5.78 Å². The first kappa shape index (κ1) is 19.4. The van der Waals surface area contributed by atoms with Crippen molar-refractivity contribution in [3.8, 4) is 0 Å². The summed E-state index contributed by atoms with van der Waals surface area (Å²) >= 11 is 12.6. The Kier molecular flexibility index (Phi) is 6.31. The number of rotatable bonds is 4. The molecule has 4 unspecified atom stereocenters. The third-order valence-corrected chi connectivity index (χ3v) is 7.33. The highest BCUT2D eigenvalue weighted by molar-refractivity contribution is 6.32. The Morgan fingerprint density at radius 2 is 1.80 bits per heavy atom. The lowest BCUT2D eigenvalue weighted by Crippen LogP contribution is -2.66. The van der Waals surface area contributed by atoms with Crippen molar-refractivity contribution in [2.75, 3.05) is 45.8 Å². The van der Waals surface area contributed by atoms with E-state index in [-0.39, 0.29) is 22.6 Å². The zero-order chi connectivity index (χ0) is 18.0. The maximum absolute atomic E-state index is 12.1. The van der Waals surface area contributed by atoms with Gasteiger partial charge in [0.15, 0.2) is 0 Å². The van der Waals surface area contributed by atoms with Crippen molar-refractivity contribution in [3.63, 3.8) is 0 Å². The van der Waals surface area contributed by atoms with E-state index < -0.39 is 0 Å². The predicted octanol–water partition coefficient (Wildman–Crippen LogP) is 3.46. The Balaban J connectivity index is 1.43. The molecule has 1 spiro atoms. The number of ketones is 1. The van der Waals surface area contributed by atoms with Crippen LogP contribution in [-0.2, 0) is 4.79 Å². The van der Waals surface area contributed by atoms with E-state index in [2.05, 4.69) is 24.8 Å². The van der Waals surface area contributed by atoms with Crippen molar-refractivity contribution >= 4 is 29.0 Å². The lowest BCUT2D eigenvalue weighted by molar-refractivity contribution is -0.938. The molecule has 4 atom stereocenters. The van der Waals surface area contributed by atoms with Gasteiger partial charge in [-0.05, 0) is 19.4 Å². The molecule has 0 amide bonds. The molecule has 25 heavy (non-hydrogen) atoms. The molecule has 2 aliphatic heterocycles. The molecule has 0 bridgehead atoms. The van der Waals surface area contributed by atoms with Gasteiger partial charge in [-0.3, -0.25) is 9.69 Å². The molecule has 3 rings (SSSR count). The molecule has 0 aromatic heterocycles. The molecule has 0 aromatic carbocycles. The van der Waals surface area contributed by atoms with Crippen LogP contribution in [0.25, 0.3) is 0 Å². The number of carbonyl (C=O) groups is 1. The number of hydrogen-bond acceptors (Lipinski definition) is 2. The first-order chi connectivity index (χ1) is 11.9. The molecule has 1 aliphatic carbocycles. The molecular weight excluding hydrogens is 355 g/mol. The minimum absolute atomic E-state index is 0.0595. The Morgan fingerprint density at radius 1 is 1.16 bits per heavy atom. The normalized spacial score (nSPS) is 35.8. The van der Waals surface area contributed by atoms with Gasteiger partial charge in [-0.25, -0.2) is 0 Å². The van der Waals surface area contributed by atoms with Crippen molar-refractivity contribution in [3.05, 3.63) is 23.8 Å². The van der Waals surface area contributed by atoms with Gasteiger partial charge in [-0.15, -0.1) is 23.2 Å². The van der Waals surface area contributed by atoms with Gasteiger partial charge in [0.25, 0.3) is 0 Å².